The summed E-state index contributed by atoms with van der Waals surface area (Å²) in [6.07, 6.45) is 5.73. The summed E-state index contributed by atoms with van der Waals surface area (Å²) in [5.41, 5.74) is 0. The Kier molecular flexibility index (Phi) is 5.60. The van der Waals surface area contributed by atoms with Crippen LogP contribution in [0.4, 0.5) is 5.95 Å². The Morgan fingerprint density at radius 3 is 2.68 bits per heavy atom. The van der Waals surface area contributed by atoms with Crippen molar-refractivity contribution in [3.8, 4) is 0 Å². The number of hydrogen-bond acceptors (Lipinski definition) is 6. The number of nitrogens with one attached hydrogen (secondary N) is 1. The molecule has 1 atom stereocenters. The van der Waals surface area contributed by atoms with Gasteiger partial charge >= 0.3 is 0 Å². The Labute approximate surface area is 114 Å². The lowest BCUT2D eigenvalue weighted by atomic mass is 10.2. The van der Waals surface area contributed by atoms with E-state index in [-0.39, 0.29) is 6.04 Å². The maximum atomic E-state index is 5.34. The minimum Gasteiger partial charge on any atom is -0.383 e. The summed E-state index contributed by atoms with van der Waals surface area (Å²) in [6, 6.07) is 0.211. The zero-order valence-corrected chi connectivity index (χ0v) is 11.9. The van der Waals surface area contributed by atoms with Gasteiger partial charge in [-0.25, -0.2) is 0 Å². The molecule has 0 saturated carbocycles. The molecule has 2 rings (SSSR count). The van der Waals surface area contributed by atoms with E-state index in [1.807, 2.05) is 7.05 Å². The minimum absolute atomic E-state index is 0.211. The van der Waals surface area contributed by atoms with Gasteiger partial charge in [0.15, 0.2) is 0 Å². The molecule has 1 unspecified atom stereocenters. The van der Waals surface area contributed by atoms with Crippen molar-refractivity contribution in [3.63, 3.8) is 0 Å². The van der Waals surface area contributed by atoms with Gasteiger partial charge in [-0.05, 0) is 25.0 Å². The van der Waals surface area contributed by atoms with Gasteiger partial charge in [-0.3, -0.25) is 0 Å². The highest BCUT2D eigenvalue weighted by molar-refractivity contribution is 5.27. The highest BCUT2D eigenvalue weighted by atomic mass is 16.5. The molecule has 0 spiro atoms. The fourth-order valence-electron chi connectivity index (χ4n) is 2.38. The van der Waals surface area contributed by atoms with E-state index in [0.29, 0.717) is 18.9 Å². The van der Waals surface area contributed by atoms with Crippen molar-refractivity contribution in [2.75, 3.05) is 38.8 Å². The summed E-state index contributed by atoms with van der Waals surface area (Å²) in [7, 11) is 3.61. The SMILES string of the molecule is CNC(COC)Cc1nc(N2CCCCCC2)no1. The number of aromatic nitrogens is 2. The molecule has 2 heterocycles. The van der Waals surface area contributed by atoms with Gasteiger partial charge in [0.2, 0.25) is 5.89 Å². The molecule has 0 aromatic carbocycles. The highest BCUT2D eigenvalue weighted by Gasteiger charge is 2.17. The van der Waals surface area contributed by atoms with E-state index in [1.54, 1.807) is 7.11 Å². The molecule has 0 aliphatic carbocycles. The average Bonchev–Trinajstić information content (AvgIpc) is 2.72. The second kappa shape index (κ2) is 7.45. The quantitative estimate of drug-likeness (QED) is 0.837. The topological polar surface area (TPSA) is 63.4 Å². The standard InChI is InChI=1S/C13H24N4O2/c1-14-11(10-18-2)9-12-15-13(16-19-12)17-7-5-3-4-6-8-17/h11,14H,3-10H2,1-2H3. The van der Waals surface area contributed by atoms with Crippen molar-refractivity contribution in [1.82, 2.24) is 15.5 Å². The highest BCUT2D eigenvalue weighted by Crippen LogP contribution is 2.16. The second-order valence-corrected chi connectivity index (χ2v) is 5.03. The lowest BCUT2D eigenvalue weighted by Gasteiger charge is -2.16. The third-order valence-electron chi connectivity index (χ3n) is 3.54. The van der Waals surface area contributed by atoms with Crippen LogP contribution in [0.3, 0.4) is 0 Å². The van der Waals surface area contributed by atoms with Gasteiger partial charge in [-0.2, -0.15) is 4.98 Å². The van der Waals surface area contributed by atoms with E-state index >= 15 is 0 Å². The molecule has 6 heteroatoms. The monoisotopic (exact) mass is 268 g/mol. The number of hydrogen-bond donors (Lipinski definition) is 1. The molecular weight excluding hydrogens is 244 g/mol. The van der Waals surface area contributed by atoms with Gasteiger partial charge in [0.25, 0.3) is 5.95 Å². The Balaban J connectivity index is 1.93. The first kappa shape index (κ1) is 14.3. The van der Waals surface area contributed by atoms with Gasteiger partial charge < -0.3 is 19.5 Å². The van der Waals surface area contributed by atoms with Gasteiger partial charge in [-0.1, -0.05) is 12.8 Å². The lowest BCUT2D eigenvalue weighted by molar-refractivity contribution is 0.165. The zero-order chi connectivity index (χ0) is 13.5. The molecule has 1 aliphatic heterocycles. The van der Waals surface area contributed by atoms with Crippen molar-refractivity contribution < 1.29 is 9.26 Å². The van der Waals surface area contributed by atoms with Crippen LogP contribution >= 0.6 is 0 Å². The largest absolute Gasteiger partial charge is 0.383 e. The summed E-state index contributed by atoms with van der Waals surface area (Å²) in [5.74, 6) is 1.42. The molecular formula is C13H24N4O2. The smallest absolute Gasteiger partial charge is 0.266 e. The Morgan fingerprint density at radius 1 is 1.32 bits per heavy atom. The maximum absolute atomic E-state index is 5.34. The Hall–Kier alpha value is -1.14. The van der Waals surface area contributed by atoms with Crippen LogP contribution in [0.5, 0.6) is 0 Å². The molecule has 108 valence electrons. The fraction of sp³-hybridized carbons (Fsp3) is 0.846. The number of ether oxygens (including phenoxy) is 1. The first-order valence-electron chi connectivity index (χ1n) is 7.07. The number of anilines is 1. The first-order valence-corrected chi connectivity index (χ1v) is 7.07. The van der Waals surface area contributed by atoms with E-state index in [9.17, 15) is 0 Å². The molecule has 19 heavy (non-hydrogen) atoms. The van der Waals surface area contributed by atoms with Crippen LogP contribution in [0.1, 0.15) is 31.6 Å². The molecule has 1 aliphatic rings. The lowest BCUT2D eigenvalue weighted by Crippen LogP contribution is -2.32. The molecule has 1 N–H and O–H groups in total. The van der Waals surface area contributed by atoms with Crippen LogP contribution in [0.15, 0.2) is 4.52 Å². The molecule has 0 amide bonds. The van der Waals surface area contributed by atoms with Crippen molar-refractivity contribution >= 4 is 5.95 Å². The van der Waals surface area contributed by atoms with Crippen LogP contribution in [-0.2, 0) is 11.2 Å². The van der Waals surface area contributed by atoms with Crippen LogP contribution in [0, 0.1) is 0 Å². The number of likely N-dealkylation sites (N-methyl/N-ethyl adjacent to an activating group) is 1. The normalized spacial score (nSPS) is 18.3. The molecule has 0 radical (unpaired) electrons. The predicted octanol–water partition coefficient (Wildman–Crippen LogP) is 1.23. The van der Waals surface area contributed by atoms with Crippen molar-refractivity contribution in [3.05, 3.63) is 5.89 Å². The van der Waals surface area contributed by atoms with Gasteiger partial charge in [-0.15, -0.1) is 0 Å². The fourth-order valence-corrected chi connectivity index (χ4v) is 2.38. The second-order valence-electron chi connectivity index (χ2n) is 5.03. The van der Waals surface area contributed by atoms with Crippen LogP contribution < -0.4 is 10.2 Å². The molecule has 1 aromatic heterocycles. The molecule has 0 bridgehead atoms. The van der Waals surface area contributed by atoms with Crippen molar-refractivity contribution in [2.24, 2.45) is 0 Å². The Bertz CT molecular complexity index is 361. The van der Waals surface area contributed by atoms with E-state index in [1.165, 1.54) is 25.7 Å². The summed E-state index contributed by atoms with van der Waals surface area (Å²) >= 11 is 0. The Morgan fingerprint density at radius 2 is 2.05 bits per heavy atom. The third kappa shape index (κ3) is 4.18. The molecule has 1 fully saturated rings. The van der Waals surface area contributed by atoms with Gasteiger partial charge in [0, 0.05) is 32.7 Å². The maximum Gasteiger partial charge on any atom is 0.266 e. The van der Waals surface area contributed by atoms with E-state index in [0.717, 1.165) is 19.0 Å². The summed E-state index contributed by atoms with van der Waals surface area (Å²) < 4.78 is 10.5. The first-order chi connectivity index (χ1) is 9.33. The van der Waals surface area contributed by atoms with E-state index in [4.69, 9.17) is 9.26 Å². The van der Waals surface area contributed by atoms with Crippen LogP contribution in [0.25, 0.3) is 0 Å². The predicted molar refractivity (Wildman–Crippen MR) is 73.4 cm³/mol. The molecule has 1 saturated heterocycles. The number of methoxy groups -OCH3 is 1. The third-order valence-corrected chi connectivity index (χ3v) is 3.54. The van der Waals surface area contributed by atoms with E-state index < -0.39 is 0 Å². The molecule has 1 aromatic rings. The minimum atomic E-state index is 0.211. The van der Waals surface area contributed by atoms with Gasteiger partial charge in [0.1, 0.15) is 0 Å². The van der Waals surface area contributed by atoms with Gasteiger partial charge in [0.05, 0.1) is 6.61 Å². The zero-order valence-electron chi connectivity index (χ0n) is 11.9. The van der Waals surface area contributed by atoms with E-state index in [2.05, 4.69) is 20.4 Å². The van der Waals surface area contributed by atoms with Crippen molar-refractivity contribution in [1.29, 1.82) is 0 Å². The molecule has 6 nitrogen and oxygen atoms in total. The van der Waals surface area contributed by atoms with Crippen molar-refractivity contribution in [2.45, 2.75) is 38.1 Å². The summed E-state index contributed by atoms with van der Waals surface area (Å²) in [5, 5.41) is 7.28. The summed E-state index contributed by atoms with van der Waals surface area (Å²) in [4.78, 5) is 6.73. The summed E-state index contributed by atoms with van der Waals surface area (Å²) in [6.45, 7) is 2.71. The van der Waals surface area contributed by atoms with Crippen LogP contribution in [-0.4, -0.2) is 50.0 Å². The number of rotatable bonds is 6. The average molecular weight is 268 g/mol. The number of nitrogens with zero attached hydrogens (tertiary/aromatic N) is 3. The van der Waals surface area contributed by atoms with Crippen LogP contribution in [0.2, 0.25) is 0 Å².